The molecule has 8 nitrogen and oxygen atoms in total. The van der Waals surface area contributed by atoms with E-state index in [4.69, 9.17) is 9.84 Å². The molecule has 0 saturated carbocycles. The average Bonchev–Trinajstić information content (AvgIpc) is 3.06. The van der Waals surface area contributed by atoms with E-state index in [0.29, 0.717) is 19.7 Å². The minimum atomic E-state index is -0.994. The minimum absolute atomic E-state index is 0.0174. The molecule has 1 fully saturated rings. The molecule has 1 unspecified atom stereocenters. The second-order valence-corrected chi connectivity index (χ2v) is 6.73. The second-order valence-electron chi connectivity index (χ2n) is 6.73. The number of hydrogen-bond acceptors (Lipinski definition) is 4. The number of ether oxygens (including phenoxy) is 1. The van der Waals surface area contributed by atoms with Crippen LogP contribution in [-0.2, 0) is 11.3 Å². The SMILES string of the molecule is O=C(NCc1ccc(C(=O)O)cc1)NC1CC(=O)N(CCOc2ccccc2)C1. The number of nitrogens with zero attached hydrogens (tertiary/aromatic N) is 1. The van der Waals surface area contributed by atoms with E-state index in [2.05, 4.69) is 10.6 Å². The van der Waals surface area contributed by atoms with E-state index in [9.17, 15) is 14.4 Å². The summed E-state index contributed by atoms with van der Waals surface area (Å²) in [4.78, 5) is 36.7. The number of nitrogens with one attached hydrogen (secondary N) is 2. The van der Waals surface area contributed by atoms with E-state index in [0.717, 1.165) is 11.3 Å². The molecule has 1 aliphatic heterocycles. The normalized spacial score (nSPS) is 15.8. The van der Waals surface area contributed by atoms with Crippen molar-refractivity contribution in [2.45, 2.75) is 19.0 Å². The van der Waals surface area contributed by atoms with Gasteiger partial charge in [-0.15, -0.1) is 0 Å². The molecule has 0 aliphatic carbocycles. The van der Waals surface area contributed by atoms with Gasteiger partial charge in [-0.2, -0.15) is 0 Å². The Balaban J connectivity index is 1.38. The third kappa shape index (κ3) is 5.97. The summed E-state index contributed by atoms with van der Waals surface area (Å²) in [6, 6.07) is 15.0. The van der Waals surface area contributed by atoms with Crippen LogP contribution in [0.25, 0.3) is 0 Å². The fraction of sp³-hybridized carbons (Fsp3) is 0.286. The molecule has 8 heteroatoms. The summed E-state index contributed by atoms with van der Waals surface area (Å²) in [5.74, 6) is -0.257. The summed E-state index contributed by atoms with van der Waals surface area (Å²) in [6.45, 7) is 1.56. The summed E-state index contributed by atoms with van der Waals surface area (Å²) in [5, 5.41) is 14.4. The first-order valence-electron chi connectivity index (χ1n) is 9.33. The predicted molar refractivity (Wildman–Crippen MR) is 106 cm³/mol. The highest BCUT2D eigenvalue weighted by molar-refractivity contribution is 5.87. The van der Waals surface area contributed by atoms with Gasteiger partial charge in [0.1, 0.15) is 12.4 Å². The number of likely N-dealkylation sites (tertiary alicyclic amines) is 1. The highest BCUT2D eigenvalue weighted by Crippen LogP contribution is 2.12. The number of carbonyl (C=O) groups is 3. The molecule has 3 rings (SSSR count). The van der Waals surface area contributed by atoms with Gasteiger partial charge in [0.05, 0.1) is 18.2 Å². The standard InChI is InChI=1S/C21H23N3O5/c25-19-12-17(14-24(19)10-11-29-18-4-2-1-3-5-18)23-21(28)22-13-15-6-8-16(9-7-15)20(26)27/h1-9,17H,10-14H2,(H,26,27)(H2,22,23,28). The van der Waals surface area contributed by atoms with Gasteiger partial charge in [0.2, 0.25) is 5.91 Å². The van der Waals surface area contributed by atoms with E-state index in [1.54, 1.807) is 17.0 Å². The van der Waals surface area contributed by atoms with Crippen molar-refractivity contribution >= 4 is 17.9 Å². The quantitative estimate of drug-likeness (QED) is 0.630. The zero-order valence-electron chi connectivity index (χ0n) is 15.8. The fourth-order valence-corrected chi connectivity index (χ4v) is 3.06. The zero-order chi connectivity index (χ0) is 20.6. The van der Waals surface area contributed by atoms with Crippen LogP contribution in [0.5, 0.6) is 5.75 Å². The van der Waals surface area contributed by atoms with Crippen molar-refractivity contribution in [2.24, 2.45) is 0 Å². The summed E-state index contributed by atoms with van der Waals surface area (Å²) in [6.07, 6.45) is 0.256. The summed E-state index contributed by atoms with van der Waals surface area (Å²) >= 11 is 0. The van der Waals surface area contributed by atoms with Crippen LogP contribution >= 0.6 is 0 Å². The molecule has 1 atom stereocenters. The molecular formula is C21H23N3O5. The van der Waals surface area contributed by atoms with Crippen LogP contribution in [0.1, 0.15) is 22.3 Å². The molecule has 29 heavy (non-hydrogen) atoms. The Bertz CT molecular complexity index is 854. The first-order valence-corrected chi connectivity index (χ1v) is 9.33. The number of urea groups is 1. The first kappa shape index (κ1) is 20.2. The second kappa shape index (κ2) is 9.59. The maximum Gasteiger partial charge on any atom is 0.335 e. The predicted octanol–water partition coefficient (Wildman–Crippen LogP) is 1.86. The number of carboxylic acid groups (broad SMARTS) is 1. The van der Waals surface area contributed by atoms with Crippen molar-refractivity contribution in [2.75, 3.05) is 19.7 Å². The summed E-state index contributed by atoms with van der Waals surface area (Å²) in [7, 11) is 0. The van der Waals surface area contributed by atoms with Gasteiger partial charge in [-0.1, -0.05) is 30.3 Å². The number of benzene rings is 2. The van der Waals surface area contributed by atoms with Crippen LogP contribution in [-0.4, -0.2) is 53.7 Å². The lowest BCUT2D eigenvalue weighted by Gasteiger charge is -2.17. The number of carbonyl (C=O) groups excluding carboxylic acids is 2. The number of para-hydroxylation sites is 1. The number of hydrogen-bond donors (Lipinski definition) is 3. The van der Waals surface area contributed by atoms with Gasteiger partial charge >= 0.3 is 12.0 Å². The van der Waals surface area contributed by atoms with E-state index >= 15 is 0 Å². The van der Waals surface area contributed by atoms with Gasteiger partial charge in [0.15, 0.2) is 0 Å². The Morgan fingerprint density at radius 3 is 2.52 bits per heavy atom. The van der Waals surface area contributed by atoms with Gasteiger partial charge in [0, 0.05) is 19.5 Å². The molecule has 3 N–H and O–H groups in total. The van der Waals surface area contributed by atoms with Crippen molar-refractivity contribution < 1.29 is 24.2 Å². The molecular weight excluding hydrogens is 374 g/mol. The fourth-order valence-electron chi connectivity index (χ4n) is 3.06. The maximum absolute atomic E-state index is 12.1. The zero-order valence-corrected chi connectivity index (χ0v) is 15.8. The highest BCUT2D eigenvalue weighted by Gasteiger charge is 2.30. The minimum Gasteiger partial charge on any atom is -0.492 e. The van der Waals surface area contributed by atoms with E-state index in [1.165, 1.54) is 12.1 Å². The largest absolute Gasteiger partial charge is 0.492 e. The monoisotopic (exact) mass is 397 g/mol. The third-order valence-electron chi connectivity index (χ3n) is 4.58. The Morgan fingerprint density at radius 1 is 1.10 bits per heavy atom. The van der Waals surface area contributed by atoms with Crippen LogP contribution < -0.4 is 15.4 Å². The maximum atomic E-state index is 12.1. The Morgan fingerprint density at radius 2 is 1.83 bits per heavy atom. The topological polar surface area (TPSA) is 108 Å². The first-order chi connectivity index (χ1) is 14.0. The summed E-state index contributed by atoms with van der Waals surface area (Å²) in [5.41, 5.74) is 0.978. The molecule has 1 heterocycles. The van der Waals surface area contributed by atoms with Crippen LogP contribution in [0, 0.1) is 0 Å². The van der Waals surface area contributed by atoms with Gasteiger partial charge in [-0.3, -0.25) is 4.79 Å². The number of aromatic carboxylic acids is 1. The molecule has 1 saturated heterocycles. The molecule has 0 spiro atoms. The lowest BCUT2D eigenvalue weighted by Crippen LogP contribution is -2.43. The number of amides is 3. The molecule has 0 radical (unpaired) electrons. The molecule has 2 aromatic carbocycles. The van der Waals surface area contributed by atoms with Crippen LogP contribution in [0.15, 0.2) is 54.6 Å². The number of rotatable bonds is 8. The van der Waals surface area contributed by atoms with Crippen LogP contribution in [0.2, 0.25) is 0 Å². The van der Waals surface area contributed by atoms with Crippen molar-refractivity contribution in [3.63, 3.8) is 0 Å². The smallest absolute Gasteiger partial charge is 0.335 e. The van der Waals surface area contributed by atoms with Crippen LogP contribution in [0.4, 0.5) is 4.79 Å². The van der Waals surface area contributed by atoms with E-state index in [1.807, 2.05) is 30.3 Å². The third-order valence-corrected chi connectivity index (χ3v) is 4.58. The van der Waals surface area contributed by atoms with Crippen molar-refractivity contribution in [1.82, 2.24) is 15.5 Å². The van der Waals surface area contributed by atoms with E-state index < -0.39 is 5.97 Å². The van der Waals surface area contributed by atoms with Crippen LogP contribution in [0.3, 0.4) is 0 Å². The Labute approximate surface area is 168 Å². The highest BCUT2D eigenvalue weighted by atomic mass is 16.5. The molecule has 3 amide bonds. The van der Waals surface area contributed by atoms with Gasteiger partial charge in [-0.05, 0) is 29.8 Å². The molecule has 0 aromatic heterocycles. The average molecular weight is 397 g/mol. The Kier molecular flexibility index (Phi) is 6.67. The number of carboxylic acids is 1. The lowest BCUT2D eigenvalue weighted by atomic mass is 10.1. The molecule has 2 aromatic rings. The summed E-state index contributed by atoms with van der Waals surface area (Å²) < 4.78 is 5.61. The van der Waals surface area contributed by atoms with Crippen molar-refractivity contribution in [3.8, 4) is 5.75 Å². The van der Waals surface area contributed by atoms with Gasteiger partial charge in [-0.25, -0.2) is 9.59 Å². The van der Waals surface area contributed by atoms with Gasteiger partial charge < -0.3 is 25.4 Å². The van der Waals surface area contributed by atoms with Crippen molar-refractivity contribution in [3.05, 3.63) is 65.7 Å². The lowest BCUT2D eigenvalue weighted by molar-refractivity contribution is -0.128. The molecule has 152 valence electrons. The molecule has 0 bridgehead atoms. The van der Waals surface area contributed by atoms with Crippen molar-refractivity contribution in [1.29, 1.82) is 0 Å². The van der Waals surface area contributed by atoms with Gasteiger partial charge in [0.25, 0.3) is 0 Å². The molecule has 1 aliphatic rings. The van der Waals surface area contributed by atoms with E-state index in [-0.39, 0.29) is 36.5 Å². The Hall–Kier alpha value is -3.55.